The van der Waals surface area contributed by atoms with Crippen molar-refractivity contribution in [1.29, 1.82) is 0 Å². The Labute approximate surface area is 116 Å². The number of aliphatic hydroxyl groups is 1. The summed E-state index contributed by atoms with van der Waals surface area (Å²) in [5, 5.41) is 9.91. The van der Waals surface area contributed by atoms with Crippen LogP contribution in [-0.2, 0) is 6.42 Å². The Morgan fingerprint density at radius 2 is 1.63 bits per heavy atom. The van der Waals surface area contributed by atoms with Crippen LogP contribution in [0, 0.1) is 17.5 Å². The SMILES string of the molecule is OC(Cc1c(F)cccc1F)c1ccc(Br)cc1F. The lowest BCUT2D eigenvalue weighted by atomic mass is 10.0. The third kappa shape index (κ3) is 3.16. The van der Waals surface area contributed by atoms with E-state index in [0.29, 0.717) is 4.47 Å². The van der Waals surface area contributed by atoms with Gasteiger partial charge >= 0.3 is 0 Å². The van der Waals surface area contributed by atoms with Crippen molar-refractivity contribution in [1.82, 2.24) is 0 Å². The summed E-state index contributed by atoms with van der Waals surface area (Å²) in [6.07, 6.45) is -1.63. The molecule has 0 saturated heterocycles. The fourth-order valence-electron chi connectivity index (χ4n) is 1.80. The summed E-state index contributed by atoms with van der Waals surface area (Å²) in [6.45, 7) is 0. The van der Waals surface area contributed by atoms with Gasteiger partial charge in [0, 0.05) is 22.0 Å². The number of benzene rings is 2. The second-order valence-electron chi connectivity index (χ2n) is 4.09. The van der Waals surface area contributed by atoms with Gasteiger partial charge in [0.25, 0.3) is 0 Å². The maximum Gasteiger partial charge on any atom is 0.130 e. The standard InChI is InChI=1S/C14H10BrF3O/c15-8-4-5-9(13(18)6-8)14(19)7-10-11(16)2-1-3-12(10)17/h1-6,14,19H,7H2. The minimum Gasteiger partial charge on any atom is -0.388 e. The van der Waals surface area contributed by atoms with Gasteiger partial charge in [-0.2, -0.15) is 0 Å². The first-order valence-corrected chi connectivity index (χ1v) is 6.34. The summed E-state index contributed by atoms with van der Waals surface area (Å²) < 4.78 is 41.0. The van der Waals surface area contributed by atoms with Gasteiger partial charge in [-0.1, -0.05) is 28.1 Å². The predicted molar refractivity (Wildman–Crippen MR) is 69.1 cm³/mol. The predicted octanol–water partition coefficient (Wildman–Crippen LogP) is 4.14. The topological polar surface area (TPSA) is 20.2 Å². The van der Waals surface area contributed by atoms with E-state index in [0.717, 1.165) is 12.1 Å². The molecule has 19 heavy (non-hydrogen) atoms. The third-order valence-electron chi connectivity index (χ3n) is 2.78. The van der Waals surface area contributed by atoms with Gasteiger partial charge in [0.15, 0.2) is 0 Å². The fourth-order valence-corrected chi connectivity index (χ4v) is 2.14. The Morgan fingerprint density at radius 1 is 1.00 bits per heavy atom. The van der Waals surface area contributed by atoms with Crippen molar-refractivity contribution in [3.8, 4) is 0 Å². The number of halogens is 4. The van der Waals surface area contributed by atoms with Crippen LogP contribution < -0.4 is 0 Å². The zero-order valence-electron chi connectivity index (χ0n) is 9.71. The number of aliphatic hydroxyl groups excluding tert-OH is 1. The van der Waals surface area contributed by atoms with Gasteiger partial charge in [0.05, 0.1) is 6.10 Å². The molecule has 0 amide bonds. The summed E-state index contributed by atoms with van der Waals surface area (Å²) in [6, 6.07) is 7.56. The average Bonchev–Trinajstić information content (AvgIpc) is 2.33. The molecule has 100 valence electrons. The first-order chi connectivity index (χ1) is 8.99. The summed E-state index contributed by atoms with van der Waals surface area (Å²) >= 11 is 3.09. The molecule has 5 heteroatoms. The smallest absolute Gasteiger partial charge is 0.130 e. The van der Waals surface area contributed by atoms with Crippen molar-refractivity contribution in [3.63, 3.8) is 0 Å². The molecule has 2 aromatic rings. The van der Waals surface area contributed by atoms with Gasteiger partial charge in [0.1, 0.15) is 17.5 Å². The molecule has 1 N–H and O–H groups in total. The van der Waals surface area contributed by atoms with Crippen molar-refractivity contribution in [2.24, 2.45) is 0 Å². The molecular weight excluding hydrogens is 321 g/mol. The van der Waals surface area contributed by atoms with E-state index in [9.17, 15) is 18.3 Å². The van der Waals surface area contributed by atoms with E-state index in [1.807, 2.05) is 0 Å². The van der Waals surface area contributed by atoms with Crippen molar-refractivity contribution < 1.29 is 18.3 Å². The summed E-state index contributed by atoms with van der Waals surface area (Å²) in [4.78, 5) is 0. The molecule has 1 atom stereocenters. The maximum atomic E-state index is 13.6. The summed E-state index contributed by atoms with van der Waals surface area (Å²) in [7, 11) is 0. The molecule has 0 spiro atoms. The van der Waals surface area contributed by atoms with E-state index in [1.54, 1.807) is 6.07 Å². The summed E-state index contributed by atoms with van der Waals surface area (Å²) in [5.41, 5.74) is -0.247. The Balaban J connectivity index is 2.28. The molecule has 0 aliphatic heterocycles. The molecule has 0 aromatic heterocycles. The Kier molecular flexibility index (Phi) is 4.27. The van der Waals surface area contributed by atoms with Crippen LogP contribution in [0.25, 0.3) is 0 Å². The number of rotatable bonds is 3. The van der Waals surface area contributed by atoms with Gasteiger partial charge in [-0.05, 0) is 24.3 Å². The minimum absolute atomic E-state index is 0.00542. The van der Waals surface area contributed by atoms with Gasteiger partial charge in [-0.25, -0.2) is 13.2 Å². The normalized spacial score (nSPS) is 12.5. The average molecular weight is 331 g/mol. The highest BCUT2D eigenvalue weighted by atomic mass is 79.9. The molecule has 0 radical (unpaired) electrons. The van der Waals surface area contributed by atoms with E-state index in [1.165, 1.54) is 18.2 Å². The maximum absolute atomic E-state index is 13.6. The van der Waals surface area contributed by atoms with Crippen LogP contribution in [0.15, 0.2) is 40.9 Å². The minimum atomic E-state index is -1.31. The monoisotopic (exact) mass is 330 g/mol. The van der Waals surface area contributed by atoms with Crippen LogP contribution in [0.2, 0.25) is 0 Å². The summed E-state index contributed by atoms with van der Waals surface area (Å²) in [5.74, 6) is -2.13. The van der Waals surface area contributed by atoms with Gasteiger partial charge in [-0.3, -0.25) is 0 Å². The van der Waals surface area contributed by atoms with Gasteiger partial charge in [-0.15, -0.1) is 0 Å². The van der Waals surface area contributed by atoms with Gasteiger partial charge in [0.2, 0.25) is 0 Å². The quantitative estimate of drug-likeness (QED) is 0.896. The molecule has 2 aromatic carbocycles. The van der Waals surface area contributed by atoms with E-state index in [4.69, 9.17) is 0 Å². The molecular formula is C14H10BrF3O. The first kappa shape index (κ1) is 14.1. The van der Waals surface area contributed by atoms with Crippen molar-refractivity contribution in [3.05, 3.63) is 69.4 Å². The third-order valence-corrected chi connectivity index (χ3v) is 3.27. The van der Waals surface area contributed by atoms with Crippen LogP contribution in [-0.4, -0.2) is 5.11 Å². The number of hydrogen-bond donors (Lipinski definition) is 1. The lowest BCUT2D eigenvalue weighted by Crippen LogP contribution is -2.07. The zero-order chi connectivity index (χ0) is 14.0. The largest absolute Gasteiger partial charge is 0.388 e. The molecule has 2 rings (SSSR count). The van der Waals surface area contributed by atoms with Crippen LogP contribution in [0.4, 0.5) is 13.2 Å². The molecule has 0 aliphatic carbocycles. The van der Waals surface area contributed by atoms with Crippen molar-refractivity contribution in [2.45, 2.75) is 12.5 Å². The van der Waals surface area contributed by atoms with E-state index in [2.05, 4.69) is 15.9 Å². The molecule has 1 unspecified atom stereocenters. The van der Waals surface area contributed by atoms with Crippen molar-refractivity contribution in [2.75, 3.05) is 0 Å². The van der Waals surface area contributed by atoms with E-state index in [-0.39, 0.29) is 17.5 Å². The van der Waals surface area contributed by atoms with E-state index < -0.39 is 23.6 Å². The second-order valence-corrected chi connectivity index (χ2v) is 5.00. The zero-order valence-corrected chi connectivity index (χ0v) is 11.3. The second kappa shape index (κ2) is 5.75. The Bertz CT molecular complexity index is 581. The fraction of sp³-hybridized carbons (Fsp3) is 0.143. The molecule has 0 fully saturated rings. The van der Waals surface area contributed by atoms with Crippen LogP contribution >= 0.6 is 15.9 Å². The Morgan fingerprint density at radius 3 is 2.21 bits per heavy atom. The molecule has 0 bridgehead atoms. The molecule has 0 heterocycles. The highest BCUT2D eigenvalue weighted by molar-refractivity contribution is 9.10. The number of hydrogen-bond acceptors (Lipinski definition) is 1. The lowest BCUT2D eigenvalue weighted by Gasteiger charge is -2.13. The highest BCUT2D eigenvalue weighted by Crippen LogP contribution is 2.25. The van der Waals surface area contributed by atoms with Crippen LogP contribution in [0.3, 0.4) is 0 Å². The lowest BCUT2D eigenvalue weighted by molar-refractivity contribution is 0.171. The molecule has 0 saturated carbocycles. The van der Waals surface area contributed by atoms with Crippen LogP contribution in [0.5, 0.6) is 0 Å². The van der Waals surface area contributed by atoms with E-state index >= 15 is 0 Å². The first-order valence-electron chi connectivity index (χ1n) is 5.55. The van der Waals surface area contributed by atoms with Crippen LogP contribution in [0.1, 0.15) is 17.2 Å². The van der Waals surface area contributed by atoms with Gasteiger partial charge < -0.3 is 5.11 Å². The Hall–Kier alpha value is -1.33. The molecule has 0 aliphatic rings. The van der Waals surface area contributed by atoms with Crippen molar-refractivity contribution >= 4 is 15.9 Å². The molecule has 1 nitrogen and oxygen atoms in total. The highest BCUT2D eigenvalue weighted by Gasteiger charge is 2.18.